The van der Waals surface area contributed by atoms with E-state index in [2.05, 4.69) is 27.0 Å². The number of amides is 1. The van der Waals surface area contributed by atoms with E-state index in [9.17, 15) is 4.79 Å². The van der Waals surface area contributed by atoms with Crippen molar-refractivity contribution in [2.24, 2.45) is 0 Å². The van der Waals surface area contributed by atoms with E-state index in [4.69, 9.17) is 10.5 Å². The number of hydrogen-bond acceptors (Lipinski definition) is 6. The third-order valence-corrected chi connectivity index (χ3v) is 5.62. The summed E-state index contributed by atoms with van der Waals surface area (Å²) in [4.78, 5) is 26.0. The van der Waals surface area contributed by atoms with Crippen LogP contribution in [0.15, 0.2) is 36.5 Å². The first-order chi connectivity index (χ1) is 13.6. The van der Waals surface area contributed by atoms with Gasteiger partial charge in [-0.1, -0.05) is 30.3 Å². The number of carbonyl (C=O) groups excluding carboxylic acids is 1. The van der Waals surface area contributed by atoms with Crippen LogP contribution in [0.5, 0.6) is 0 Å². The summed E-state index contributed by atoms with van der Waals surface area (Å²) >= 11 is 0. The summed E-state index contributed by atoms with van der Waals surface area (Å²) in [6.45, 7) is 5.90. The largest absolute Gasteiger partial charge is 0.373 e. The number of likely N-dealkylation sites (tertiary alicyclic amines) is 1. The Morgan fingerprint density at radius 2 is 1.96 bits per heavy atom. The number of hydrogen-bond donors (Lipinski definition) is 1. The average molecular weight is 381 g/mol. The highest BCUT2D eigenvalue weighted by Crippen LogP contribution is 2.32. The van der Waals surface area contributed by atoms with Crippen molar-refractivity contribution >= 4 is 11.9 Å². The fourth-order valence-electron chi connectivity index (χ4n) is 4.23. The molecule has 1 aromatic heterocycles. The minimum atomic E-state index is -0.139. The van der Waals surface area contributed by atoms with Gasteiger partial charge in [-0.25, -0.2) is 9.97 Å². The Labute approximate surface area is 165 Å². The van der Waals surface area contributed by atoms with Gasteiger partial charge in [0.15, 0.2) is 0 Å². The second-order valence-electron chi connectivity index (χ2n) is 7.50. The minimum Gasteiger partial charge on any atom is -0.373 e. The summed E-state index contributed by atoms with van der Waals surface area (Å²) in [5, 5.41) is 0. The van der Waals surface area contributed by atoms with Gasteiger partial charge in [0, 0.05) is 19.3 Å². The molecule has 0 spiro atoms. The van der Waals surface area contributed by atoms with E-state index in [1.165, 1.54) is 19.0 Å². The predicted molar refractivity (Wildman–Crippen MR) is 107 cm³/mol. The molecule has 0 aliphatic carbocycles. The van der Waals surface area contributed by atoms with Crippen molar-refractivity contribution < 1.29 is 9.53 Å². The van der Waals surface area contributed by atoms with Crippen molar-refractivity contribution in [3.05, 3.63) is 53.3 Å². The van der Waals surface area contributed by atoms with Gasteiger partial charge in [-0.2, -0.15) is 0 Å². The Bertz CT molecular complexity index is 823. The number of morpholine rings is 1. The second kappa shape index (κ2) is 8.24. The number of anilines is 1. The smallest absolute Gasteiger partial charge is 0.257 e. The second-order valence-corrected chi connectivity index (χ2v) is 7.50. The molecule has 2 aromatic rings. The van der Waals surface area contributed by atoms with Crippen LogP contribution in [0.2, 0.25) is 0 Å². The molecule has 0 bridgehead atoms. The maximum absolute atomic E-state index is 13.4. The lowest BCUT2D eigenvalue weighted by molar-refractivity contribution is -0.0707. The molecule has 148 valence electrons. The van der Waals surface area contributed by atoms with Gasteiger partial charge < -0.3 is 20.3 Å². The van der Waals surface area contributed by atoms with Gasteiger partial charge in [0.1, 0.15) is 0 Å². The Hall–Kier alpha value is -2.51. The highest BCUT2D eigenvalue weighted by Gasteiger charge is 2.38. The molecule has 7 nitrogen and oxygen atoms in total. The molecule has 2 fully saturated rings. The van der Waals surface area contributed by atoms with Gasteiger partial charge in [-0.15, -0.1) is 0 Å². The number of nitrogens with two attached hydrogens (primary N) is 1. The summed E-state index contributed by atoms with van der Waals surface area (Å²) in [5.41, 5.74) is 7.86. The number of nitrogens with zero attached hydrogens (tertiary/aromatic N) is 4. The number of aromatic nitrogens is 2. The zero-order valence-electron chi connectivity index (χ0n) is 16.3. The highest BCUT2D eigenvalue weighted by atomic mass is 16.5. The molecule has 4 rings (SSSR count). The molecule has 2 aliphatic rings. The third-order valence-electron chi connectivity index (χ3n) is 5.62. The van der Waals surface area contributed by atoms with Gasteiger partial charge in [-0.05, 0) is 38.4 Å². The van der Waals surface area contributed by atoms with Crippen molar-refractivity contribution in [3.8, 4) is 0 Å². The average Bonchev–Trinajstić information content (AvgIpc) is 3.21. The molecular formula is C21H27N5O2. The van der Waals surface area contributed by atoms with Crippen molar-refractivity contribution in [1.82, 2.24) is 19.8 Å². The molecule has 7 heteroatoms. The number of rotatable bonds is 4. The fraction of sp³-hybridized carbons (Fsp3) is 0.476. The number of benzene rings is 1. The number of carbonyl (C=O) groups is 1. The zero-order chi connectivity index (χ0) is 19.5. The molecule has 1 amide bonds. The molecule has 0 unspecified atom stereocenters. The summed E-state index contributed by atoms with van der Waals surface area (Å²) in [5.74, 6) is 0.114. The third kappa shape index (κ3) is 3.86. The Morgan fingerprint density at radius 1 is 1.21 bits per heavy atom. The van der Waals surface area contributed by atoms with E-state index in [1.54, 1.807) is 6.92 Å². The van der Waals surface area contributed by atoms with E-state index in [-0.39, 0.29) is 24.0 Å². The lowest BCUT2D eigenvalue weighted by Gasteiger charge is -2.42. The first kappa shape index (κ1) is 18.8. The predicted octanol–water partition coefficient (Wildman–Crippen LogP) is 2.05. The van der Waals surface area contributed by atoms with Crippen LogP contribution >= 0.6 is 0 Å². The molecule has 28 heavy (non-hydrogen) atoms. The summed E-state index contributed by atoms with van der Waals surface area (Å²) in [7, 11) is 0. The Morgan fingerprint density at radius 3 is 2.68 bits per heavy atom. The van der Waals surface area contributed by atoms with Crippen LogP contribution < -0.4 is 5.73 Å². The van der Waals surface area contributed by atoms with Crippen LogP contribution in [-0.4, -0.2) is 64.6 Å². The van der Waals surface area contributed by atoms with Crippen LogP contribution in [0, 0.1) is 6.92 Å². The van der Waals surface area contributed by atoms with Crippen molar-refractivity contribution in [3.63, 3.8) is 0 Å². The van der Waals surface area contributed by atoms with Gasteiger partial charge in [0.2, 0.25) is 5.95 Å². The monoisotopic (exact) mass is 381 g/mol. The van der Waals surface area contributed by atoms with E-state index in [1.807, 2.05) is 23.1 Å². The Kier molecular flexibility index (Phi) is 5.54. The van der Waals surface area contributed by atoms with Gasteiger partial charge >= 0.3 is 0 Å². The molecule has 0 radical (unpaired) electrons. The lowest BCUT2D eigenvalue weighted by atomic mass is 9.96. The lowest BCUT2D eigenvalue weighted by Crippen LogP contribution is -2.51. The van der Waals surface area contributed by atoms with Crippen LogP contribution in [-0.2, 0) is 4.74 Å². The van der Waals surface area contributed by atoms with E-state index in [0.717, 1.165) is 25.2 Å². The van der Waals surface area contributed by atoms with Crippen LogP contribution in [0.25, 0.3) is 0 Å². The van der Waals surface area contributed by atoms with Crippen LogP contribution in [0.1, 0.15) is 40.5 Å². The van der Waals surface area contributed by atoms with Crippen molar-refractivity contribution in [2.75, 3.05) is 38.5 Å². The quantitative estimate of drug-likeness (QED) is 0.873. The molecule has 1 aromatic carbocycles. The van der Waals surface area contributed by atoms with Crippen molar-refractivity contribution in [1.29, 1.82) is 0 Å². The van der Waals surface area contributed by atoms with Gasteiger partial charge in [-0.3, -0.25) is 4.79 Å². The summed E-state index contributed by atoms with van der Waals surface area (Å²) < 4.78 is 6.19. The molecule has 2 atom stereocenters. The topological polar surface area (TPSA) is 84.6 Å². The van der Waals surface area contributed by atoms with E-state index < -0.39 is 0 Å². The maximum Gasteiger partial charge on any atom is 0.257 e. The summed E-state index contributed by atoms with van der Waals surface area (Å²) in [6, 6.07) is 10.0. The standard InChI is InChI=1S/C21H27N5O2/c1-15-17(13-23-21(22)24-15)20(27)26-11-12-28-18(14-25-9-5-6-10-25)19(26)16-7-3-2-4-8-16/h2-4,7-8,13,18-19H,5-6,9-12,14H2,1H3,(H2,22,23,24)/t18-,19-/m0/s1. The molecule has 2 aliphatic heterocycles. The van der Waals surface area contributed by atoms with Gasteiger partial charge in [0.05, 0.1) is 30.0 Å². The van der Waals surface area contributed by atoms with E-state index in [0.29, 0.717) is 24.4 Å². The van der Waals surface area contributed by atoms with E-state index >= 15 is 0 Å². The zero-order valence-corrected chi connectivity index (χ0v) is 16.3. The summed E-state index contributed by atoms with van der Waals surface area (Å²) in [6.07, 6.45) is 3.93. The SMILES string of the molecule is Cc1nc(N)ncc1C(=O)N1CCO[C@@H](CN2CCCC2)[C@@H]1c1ccccc1. The van der Waals surface area contributed by atoms with Crippen molar-refractivity contribution in [2.45, 2.75) is 31.9 Å². The number of nitrogen functional groups attached to an aromatic ring is 1. The molecule has 0 saturated carbocycles. The minimum absolute atomic E-state index is 0.0618. The number of ether oxygens (including phenoxy) is 1. The first-order valence-corrected chi connectivity index (χ1v) is 9.92. The van der Waals surface area contributed by atoms with Crippen LogP contribution in [0.3, 0.4) is 0 Å². The molecule has 2 N–H and O–H groups in total. The fourth-order valence-corrected chi connectivity index (χ4v) is 4.23. The maximum atomic E-state index is 13.4. The number of aryl methyl sites for hydroxylation is 1. The highest BCUT2D eigenvalue weighted by molar-refractivity contribution is 5.95. The first-order valence-electron chi connectivity index (χ1n) is 9.92. The normalized spacial score (nSPS) is 23.1. The molecular weight excluding hydrogens is 354 g/mol. The molecule has 2 saturated heterocycles. The molecule has 3 heterocycles. The van der Waals surface area contributed by atoms with Crippen LogP contribution in [0.4, 0.5) is 5.95 Å². The Balaban J connectivity index is 1.66. The van der Waals surface area contributed by atoms with Gasteiger partial charge in [0.25, 0.3) is 5.91 Å².